The molecule has 140 valence electrons. The van der Waals surface area contributed by atoms with Gasteiger partial charge in [-0.2, -0.15) is 5.26 Å². The first-order valence-electron chi connectivity index (χ1n) is 9.04. The number of nitriles is 1. The molecule has 1 fully saturated rings. The van der Waals surface area contributed by atoms with Gasteiger partial charge in [0.1, 0.15) is 11.4 Å². The van der Waals surface area contributed by atoms with Crippen molar-refractivity contribution in [3.8, 4) is 17.3 Å². The van der Waals surface area contributed by atoms with Gasteiger partial charge in [-0.15, -0.1) is 12.6 Å². The molecular weight excluding hydrogens is 370 g/mol. The van der Waals surface area contributed by atoms with Crippen molar-refractivity contribution in [3.05, 3.63) is 65.9 Å². The van der Waals surface area contributed by atoms with E-state index >= 15 is 0 Å². The standard InChI is InChI=1S/C21H19N5OS/c22-14-15-5-4-8-17(13-15)25-9-11-26(12-10-25)20(27)19-18(23-21(28)24-19)16-6-2-1-3-7-16/h1-8,13H,9-12H2,(H2,23,24,28). The number of thiol groups is 1. The van der Waals surface area contributed by atoms with Crippen molar-refractivity contribution in [2.24, 2.45) is 0 Å². The molecular formula is C21H19N5OS. The Morgan fingerprint density at radius 2 is 1.82 bits per heavy atom. The lowest BCUT2D eigenvalue weighted by atomic mass is 10.1. The minimum absolute atomic E-state index is 0.0721. The molecule has 1 aromatic heterocycles. The van der Waals surface area contributed by atoms with Gasteiger partial charge in [0.05, 0.1) is 11.6 Å². The van der Waals surface area contributed by atoms with Gasteiger partial charge in [-0.25, -0.2) is 4.98 Å². The van der Waals surface area contributed by atoms with E-state index in [1.54, 1.807) is 6.07 Å². The van der Waals surface area contributed by atoms with Crippen LogP contribution in [0.5, 0.6) is 0 Å². The Hall–Kier alpha value is -3.24. The quantitative estimate of drug-likeness (QED) is 0.675. The number of nitrogens with zero attached hydrogens (tertiary/aromatic N) is 4. The second-order valence-electron chi connectivity index (χ2n) is 6.59. The highest BCUT2D eigenvalue weighted by Gasteiger charge is 2.26. The number of piperazine rings is 1. The summed E-state index contributed by atoms with van der Waals surface area (Å²) in [6.45, 7) is 2.63. The molecule has 2 heterocycles. The average Bonchev–Trinajstić information content (AvgIpc) is 3.15. The summed E-state index contributed by atoms with van der Waals surface area (Å²) in [6, 6.07) is 19.4. The fourth-order valence-electron chi connectivity index (χ4n) is 3.42. The summed E-state index contributed by atoms with van der Waals surface area (Å²) in [7, 11) is 0. The molecule has 1 N–H and O–H groups in total. The van der Waals surface area contributed by atoms with Gasteiger partial charge in [-0.3, -0.25) is 4.79 Å². The zero-order valence-corrected chi connectivity index (χ0v) is 16.1. The van der Waals surface area contributed by atoms with E-state index in [0.717, 1.165) is 11.3 Å². The van der Waals surface area contributed by atoms with Crippen molar-refractivity contribution < 1.29 is 4.79 Å². The molecule has 28 heavy (non-hydrogen) atoms. The van der Waals surface area contributed by atoms with Crippen molar-refractivity contribution in [1.82, 2.24) is 14.9 Å². The second-order valence-corrected chi connectivity index (χ2v) is 7.02. The summed E-state index contributed by atoms with van der Waals surface area (Å²) in [6.07, 6.45) is 0. The van der Waals surface area contributed by atoms with Crippen LogP contribution in [0, 0.1) is 11.3 Å². The fourth-order valence-corrected chi connectivity index (χ4v) is 3.63. The Balaban J connectivity index is 1.50. The van der Waals surface area contributed by atoms with Gasteiger partial charge in [0, 0.05) is 37.4 Å². The first-order chi connectivity index (χ1) is 13.7. The van der Waals surface area contributed by atoms with Crippen LogP contribution in [-0.2, 0) is 0 Å². The van der Waals surface area contributed by atoms with Crippen LogP contribution in [0.2, 0.25) is 0 Å². The van der Waals surface area contributed by atoms with E-state index in [2.05, 4.69) is 33.6 Å². The number of carbonyl (C=O) groups excluding carboxylic acids is 1. The van der Waals surface area contributed by atoms with Gasteiger partial charge >= 0.3 is 0 Å². The molecule has 0 atom stereocenters. The highest BCUT2D eigenvalue weighted by atomic mass is 32.1. The number of imidazole rings is 1. The Labute approximate surface area is 168 Å². The molecule has 1 amide bonds. The average molecular weight is 389 g/mol. The van der Waals surface area contributed by atoms with E-state index in [1.165, 1.54) is 0 Å². The SMILES string of the molecule is N#Cc1cccc(N2CCN(C(=O)c3[nH]c(S)nc3-c3ccccc3)CC2)c1. The first-order valence-corrected chi connectivity index (χ1v) is 9.49. The predicted octanol–water partition coefficient (Wildman–Crippen LogP) is 3.20. The van der Waals surface area contributed by atoms with E-state index < -0.39 is 0 Å². The van der Waals surface area contributed by atoms with E-state index in [1.807, 2.05) is 53.4 Å². The molecule has 1 aliphatic rings. The Morgan fingerprint density at radius 3 is 2.54 bits per heavy atom. The van der Waals surface area contributed by atoms with E-state index in [0.29, 0.717) is 48.3 Å². The van der Waals surface area contributed by atoms with Gasteiger partial charge in [-0.1, -0.05) is 36.4 Å². The predicted molar refractivity (Wildman–Crippen MR) is 111 cm³/mol. The Kier molecular flexibility index (Phi) is 5.04. The highest BCUT2D eigenvalue weighted by molar-refractivity contribution is 7.80. The molecule has 7 heteroatoms. The van der Waals surface area contributed by atoms with Crippen molar-refractivity contribution in [2.45, 2.75) is 5.16 Å². The number of aromatic nitrogens is 2. The summed E-state index contributed by atoms with van der Waals surface area (Å²) < 4.78 is 0. The molecule has 6 nitrogen and oxygen atoms in total. The topological polar surface area (TPSA) is 76.0 Å². The van der Waals surface area contributed by atoms with Crippen LogP contribution in [0.1, 0.15) is 16.1 Å². The summed E-state index contributed by atoms with van der Waals surface area (Å²) >= 11 is 4.29. The number of benzene rings is 2. The molecule has 0 radical (unpaired) electrons. The van der Waals surface area contributed by atoms with Gasteiger partial charge in [0.25, 0.3) is 5.91 Å². The smallest absolute Gasteiger partial charge is 0.272 e. The third kappa shape index (κ3) is 3.59. The molecule has 1 aliphatic heterocycles. The minimum atomic E-state index is -0.0721. The number of anilines is 1. The van der Waals surface area contributed by atoms with Crippen molar-refractivity contribution in [1.29, 1.82) is 5.26 Å². The minimum Gasteiger partial charge on any atom is -0.368 e. The van der Waals surface area contributed by atoms with E-state index in [9.17, 15) is 4.79 Å². The number of hydrogen-bond donors (Lipinski definition) is 2. The zero-order chi connectivity index (χ0) is 19.5. The monoisotopic (exact) mass is 389 g/mol. The number of nitrogens with one attached hydrogen (secondary N) is 1. The third-order valence-corrected chi connectivity index (χ3v) is 5.07. The third-order valence-electron chi connectivity index (χ3n) is 4.86. The molecule has 0 spiro atoms. The van der Waals surface area contributed by atoms with Gasteiger partial charge in [0.2, 0.25) is 0 Å². The molecule has 1 saturated heterocycles. The first kappa shape index (κ1) is 18.1. The molecule has 0 bridgehead atoms. The number of carbonyl (C=O) groups is 1. The number of hydrogen-bond acceptors (Lipinski definition) is 5. The van der Waals surface area contributed by atoms with Gasteiger partial charge in [0.15, 0.2) is 5.16 Å². The number of rotatable bonds is 3. The summed E-state index contributed by atoms with van der Waals surface area (Å²) in [5, 5.41) is 9.51. The molecule has 0 saturated carbocycles. The zero-order valence-electron chi connectivity index (χ0n) is 15.2. The maximum Gasteiger partial charge on any atom is 0.272 e. The number of amides is 1. The van der Waals surface area contributed by atoms with Crippen LogP contribution < -0.4 is 4.90 Å². The largest absolute Gasteiger partial charge is 0.368 e. The number of H-pyrrole nitrogens is 1. The summed E-state index contributed by atoms with van der Waals surface area (Å²) in [5.74, 6) is -0.0721. The van der Waals surface area contributed by atoms with E-state index in [-0.39, 0.29) is 5.91 Å². The van der Waals surface area contributed by atoms with Crippen LogP contribution in [0.3, 0.4) is 0 Å². The van der Waals surface area contributed by atoms with Crippen molar-refractivity contribution in [3.63, 3.8) is 0 Å². The molecule has 0 unspecified atom stereocenters. The summed E-state index contributed by atoms with van der Waals surface area (Å²) in [5.41, 5.74) is 3.63. The van der Waals surface area contributed by atoms with Crippen LogP contribution in [0.25, 0.3) is 11.3 Å². The molecule has 3 aromatic rings. The summed E-state index contributed by atoms with van der Waals surface area (Å²) in [4.78, 5) is 24.5. The van der Waals surface area contributed by atoms with Crippen LogP contribution in [-0.4, -0.2) is 47.0 Å². The molecule has 4 rings (SSSR count). The van der Waals surface area contributed by atoms with Gasteiger partial charge < -0.3 is 14.8 Å². The molecule has 0 aliphatic carbocycles. The van der Waals surface area contributed by atoms with Crippen molar-refractivity contribution >= 4 is 24.2 Å². The number of aromatic amines is 1. The van der Waals surface area contributed by atoms with Crippen LogP contribution >= 0.6 is 12.6 Å². The lowest BCUT2D eigenvalue weighted by Crippen LogP contribution is -2.49. The lowest BCUT2D eigenvalue weighted by molar-refractivity contribution is 0.0742. The van der Waals surface area contributed by atoms with E-state index in [4.69, 9.17) is 5.26 Å². The second kappa shape index (κ2) is 7.79. The normalized spacial score (nSPS) is 14.0. The van der Waals surface area contributed by atoms with Crippen LogP contribution in [0.4, 0.5) is 5.69 Å². The van der Waals surface area contributed by atoms with Crippen molar-refractivity contribution in [2.75, 3.05) is 31.1 Å². The maximum atomic E-state index is 13.1. The Morgan fingerprint density at radius 1 is 1.07 bits per heavy atom. The lowest BCUT2D eigenvalue weighted by Gasteiger charge is -2.36. The highest BCUT2D eigenvalue weighted by Crippen LogP contribution is 2.25. The fraction of sp³-hybridized carbons (Fsp3) is 0.190. The van der Waals surface area contributed by atoms with Crippen LogP contribution in [0.15, 0.2) is 59.8 Å². The Bertz CT molecular complexity index is 1030. The maximum absolute atomic E-state index is 13.1. The molecule has 2 aromatic carbocycles. The van der Waals surface area contributed by atoms with Gasteiger partial charge in [-0.05, 0) is 18.2 Å².